The van der Waals surface area contributed by atoms with Crippen molar-refractivity contribution >= 4 is 0 Å². The first kappa shape index (κ1) is 16.4. The number of benzene rings is 1. The van der Waals surface area contributed by atoms with Gasteiger partial charge in [-0.3, -0.25) is 0 Å². The van der Waals surface area contributed by atoms with Gasteiger partial charge in [0, 0.05) is 24.1 Å². The van der Waals surface area contributed by atoms with Crippen molar-refractivity contribution < 1.29 is 4.74 Å². The lowest BCUT2D eigenvalue weighted by Gasteiger charge is -2.33. The lowest BCUT2D eigenvalue weighted by atomic mass is 9.81. The molecule has 0 saturated carbocycles. The van der Waals surface area contributed by atoms with Crippen LogP contribution in [0.2, 0.25) is 0 Å². The molecule has 1 aromatic carbocycles. The first-order valence-corrected chi connectivity index (χ1v) is 8.02. The number of para-hydroxylation sites is 1. The number of fused-ring (bicyclic) bond motifs is 1. The first-order valence-electron chi connectivity index (χ1n) is 8.02. The zero-order valence-corrected chi connectivity index (χ0v) is 14.8. The van der Waals surface area contributed by atoms with E-state index in [-0.39, 0.29) is 11.1 Å². The molecule has 0 aliphatic carbocycles. The predicted molar refractivity (Wildman–Crippen MR) is 89.8 cm³/mol. The van der Waals surface area contributed by atoms with Crippen molar-refractivity contribution in [3.8, 4) is 5.75 Å². The summed E-state index contributed by atoms with van der Waals surface area (Å²) in [6, 6.07) is 6.52. The summed E-state index contributed by atoms with van der Waals surface area (Å²) in [6.45, 7) is 16.6. The fourth-order valence-electron chi connectivity index (χ4n) is 3.54. The minimum Gasteiger partial charge on any atom is -0.487 e. The Morgan fingerprint density at radius 1 is 1.14 bits per heavy atom. The molecule has 0 amide bonds. The average Bonchev–Trinajstić information content (AvgIpc) is 2.57. The molecular formula is C19H31NO. The molecule has 1 aliphatic heterocycles. The van der Waals surface area contributed by atoms with E-state index >= 15 is 0 Å². The second-order valence-electron chi connectivity index (χ2n) is 8.92. The van der Waals surface area contributed by atoms with Crippen molar-refractivity contribution in [1.29, 1.82) is 0 Å². The maximum Gasteiger partial charge on any atom is 0.127 e. The highest BCUT2D eigenvalue weighted by Crippen LogP contribution is 2.38. The summed E-state index contributed by atoms with van der Waals surface area (Å²) in [7, 11) is 0. The van der Waals surface area contributed by atoms with Crippen LogP contribution in [0.3, 0.4) is 0 Å². The number of hydrogen-bond acceptors (Lipinski definition) is 2. The van der Waals surface area contributed by atoms with E-state index < -0.39 is 0 Å². The third-order valence-electron chi connectivity index (χ3n) is 3.90. The fraction of sp³-hybridized carbons (Fsp3) is 0.684. The highest BCUT2D eigenvalue weighted by molar-refractivity contribution is 5.45. The molecule has 21 heavy (non-hydrogen) atoms. The molecule has 2 nitrogen and oxygen atoms in total. The SMILES string of the molecule is CC(C)(C)CC(C)(C)NCc1cccc2c1OC(C)(C)C2. The summed E-state index contributed by atoms with van der Waals surface area (Å²) in [4.78, 5) is 0. The van der Waals surface area contributed by atoms with E-state index in [0.29, 0.717) is 5.41 Å². The quantitative estimate of drug-likeness (QED) is 0.867. The second kappa shape index (κ2) is 5.31. The van der Waals surface area contributed by atoms with E-state index in [0.717, 1.165) is 25.1 Å². The number of ether oxygens (including phenoxy) is 1. The van der Waals surface area contributed by atoms with Crippen LogP contribution < -0.4 is 10.1 Å². The van der Waals surface area contributed by atoms with Crippen LogP contribution in [-0.2, 0) is 13.0 Å². The van der Waals surface area contributed by atoms with Gasteiger partial charge in [0.25, 0.3) is 0 Å². The second-order valence-corrected chi connectivity index (χ2v) is 8.92. The van der Waals surface area contributed by atoms with Gasteiger partial charge in [0.05, 0.1) is 0 Å². The summed E-state index contributed by atoms with van der Waals surface area (Å²) < 4.78 is 6.15. The van der Waals surface area contributed by atoms with Crippen molar-refractivity contribution in [2.75, 3.05) is 0 Å². The topological polar surface area (TPSA) is 21.3 Å². The van der Waals surface area contributed by atoms with Gasteiger partial charge in [-0.05, 0) is 45.1 Å². The number of rotatable bonds is 4. The average molecular weight is 289 g/mol. The van der Waals surface area contributed by atoms with Gasteiger partial charge in [-0.15, -0.1) is 0 Å². The first-order chi connectivity index (χ1) is 9.48. The van der Waals surface area contributed by atoms with Crippen molar-refractivity contribution in [2.45, 2.75) is 79.0 Å². The van der Waals surface area contributed by atoms with Crippen LogP contribution >= 0.6 is 0 Å². The summed E-state index contributed by atoms with van der Waals surface area (Å²) in [5.41, 5.74) is 3.00. The van der Waals surface area contributed by atoms with Gasteiger partial charge in [-0.25, -0.2) is 0 Å². The van der Waals surface area contributed by atoms with Crippen LogP contribution in [0.1, 0.15) is 66.0 Å². The Kier molecular flexibility index (Phi) is 4.14. The minimum atomic E-state index is -0.0701. The molecule has 1 aliphatic rings. The van der Waals surface area contributed by atoms with Gasteiger partial charge in [0.1, 0.15) is 11.4 Å². The van der Waals surface area contributed by atoms with Gasteiger partial charge < -0.3 is 10.1 Å². The number of nitrogens with one attached hydrogen (secondary N) is 1. The molecule has 0 saturated heterocycles. The molecule has 0 spiro atoms. The Morgan fingerprint density at radius 2 is 1.81 bits per heavy atom. The highest BCUT2D eigenvalue weighted by Gasteiger charge is 2.32. The summed E-state index contributed by atoms with van der Waals surface area (Å²) >= 11 is 0. The lowest BCUT2D eigenvalue weighted by molar-refractivity contribution is 0.136. The van der Waals surface area contributed by atoms with Crippen LogP contribution in [0.4, 0.5) is 0 Å². The van der Waals surface area contributed by atoms with E-state index in [1.54, 1.807) is 0 Å². The molecule has 2 rings (SSSR count). The molecule has 0 unspecified atom stereocenters. The van der Waals surface area contributed by atoms with Gasteiger partial charge >= 0.3 is 0 Å². The zero-order chi connectivity index (χ0) is 15.9. The Labute approximate surface area is 130 Å². The Balaban J connectivity index is 2.08. The molecule has 0 atom stereocenters. The monoisotopic (exact) mass is 289 g/mol. The molecule has 0 aromatic heterocycles. The highest BCUT2D eigenvalue weighted by atomic mass is 16.5. The molecule has 0 bridgehead atoms. The smallest absolute Gasteiger partial charge is 0.127 e. The zero-order valence-electron chi connectivity index (χ0n) is 14.8. The molecule has 0 radical (unpaired) electrons. The molecule has 1 heterocycles. The van der Waals surface area contributed by atoms with Gasteiger partial charge in [-0.1, -0.05) is 39.0 Å². The Bertz CT molecular complexity index is 509. The van der Waals surface area contributed by atoms with E-state index in [1.807, 2.05) is 0 Å². The molecule has 2 heteroatoms. The van der Waals surface area contributed by atoms with Gasteiger partial charge in [-0.2, -0.15) is 0 Å². The lowest BCUT2D eigenvalue weighted by Crippen LogP contribution is -2.41. The third kappa shape index (κ3) is 4.47. The standard InChI is InChI=1S/C19H31NO/c1-17(2,3)13-18(4,5)20-12-15-10-8-9-14-11-19(6,7)21-16(14)15/h8-10,20H,11-13H2,1-7H3. The third-order valence-corrected chi connectivity index (χ3v) is 3.90. The van der Waals surface area contributed by atoms with Crippen LogP contribution in [0.25, 0.3) is 0 Å². The largest absolute Gasteiger partial charge is 0.487 e. The molecule has 118 valence electrons. The van der Waals surface area contributed by atoms with Crippen molar-refractivity contribution in [2.24, 2.45) is 5.41 Å². The predicted octanol–water partition coefficient (Wildman–Crippen LogP) is 4.70. The van der Waals surface area contributed by atoms with E-state index in [4.69, 9.17) is 4.74 Å². The minimum absolute atomic E-state index is 0.0701. The van der Waals surface area contributed by atoms with E-state index in [1.165, 1.54) is 11.1 Å². The van der Waals surface area contributed by atoms with Gasteiger partial charge in [0.2, 0.25) is 0 Å². The maximum atomic E-state index is 6.15. The maximum absolute atomic E-state index is 6.15. The molecule has 1 aromatic rings. The Hall–Kier alpha value is -1.02. The van der Waals surface area contributed by atoms with Crippen LogP contribution in [0.5, 0.6) is 5.75 Å². The number of hydrogen-bond donors (Lipinski definition) is 1. The summed E-state index contributed by atoms with van der Waals surface area (Å²) in [5.74, 6) is 1.10. The summed E-state index contributed by atoms with van der Waals surface area (Å²) in [6.07, 6.45) is 2.14. The fourth-order valence-corrected chi connectivity index (χ4v) is 3.54. The molecule has 0 fully saturated rings. The van der Waals surface area contributed by atoms with Crippen molar-refractivity contribution in [3.05, 3.63) is 29.3 Å². The molecule has 1 N–H and O–H groups in total. The van der Waals surface area contributed by atoms with Crippen molar-refractivity contribution in [3.63, 3.8) is 0 Å². The van der Waals surface area contributed by atoms with Gasteiger partial charge in [0.15, 0.2) is 0 Å². The van der Waals surface area contributed by atoms with E-state index in [9.17, 15) is 0 Å². The normalized spacial score (nSPS) is 17.5. The van der Waals surface area contributed by atoms with Crippen LogP contribution in [0, 0.1) is 5.41 Å². The summed E-state index contributed by atoms with van der Waals surface area (Å²) in [5, 5.41) is 3.71. The molecular weight excluding hydrogens is 258 g/mol. The van der Waals surface area contributed by atoms with Crippen LogP contribution in [-0.4, -0.2) is 11.1 Å². The van der Waals surface area contributed by atoms with Crippen molar-refractivity contribution in [1.82, 2.24) is 5.32 Å². The van der Waals surface area contributed by atoms with E-state index in [2.05, 4.69) is 72.0 Å². The van der Waals surface area contributed by atoms with Crippen LogP contribution in [0.15, 0.2) is 18.2 Å². The Morgan fingerprint density at radius 3 is 2.43 bits per heavy atom.